The molecule has 2 aromatic carbocycles. The van der Waals surface area contributed by atoms with Crippen molar-refractivity contribution in [1.29, 1.82) is 0 Å². The Kier molecular flexibility index (Phi) is 5.25. The van der Waals surface area contributed by atoms with Crippen molar-refractivity contribution in [3.8, 4) is 5.75 Å². The number of benzene rings is 2. The van der Waals surface area contributed by atoms with Gasteiger partial charge in [0.25, 0.3) is 0 Å². The van der Waals surface area contributed by atoms with Crippen LogP contribution in [0.15, 0.2) is 84.1 Å². The van der Waals surface area contributed by atoms with Gasteiger partial charge in [-0.05, 0) is 29.8 Å². The van der Waals surface area contributed by atoms with Crippen molar-refractivity contribution >= 4 is 29.0 Å². The van der Waals surface area contributed by atoms with Crippen molar-refractivity contribution in [3.63, 3.8) is 0 Å². The molecule has 0 saturated carbocycles. The van der Waals surface area contributed by atoms with Crippen molar-refractivity contribution < 1.29 is 9.53 Å². The van der Waals surface area contributed by atoms with Crippen LogP contribution >= 0.6 is 11.8 Å². The van der Waals surface area contributed by atoms with E-state index in [1.54, 1.807) is 13.2 Å². The summed E-state index contributed by atoms with van der Waals surface area (Å²) < 4.78 is 7.11. The van der Waals surface area contributed by atoms with Crippen LogP contribution in [0.4, 0.5) is 5.69 Å². The fraction of sp³-hybridized carbons (Fsp3) is 0.0952. The Morgan fingerprint density at radius 1 is 1.04 bits per heavy atom. The number of anilines is 1. The molecule has 2 aromatic heterocycles. The summed E-state index contributed by atoms with van der Waals surface area (Å²) in [4.78, 5) is 13.1. The molecule has 140 valence electrons. The number of hydrogen-bond donors (Lipinski definition) is 1. The average Bonchev–Trinajstić information content (AvgIpc) is 3.15. The zero-order valence-corrected chi connectivity index (χ0v) is 16.0. The second-order valence-electron chi connectivity index (χ2n) is 6.04. The van der Waals surface area contributed by atoms with Gasteiger partial charge in [-0.2, -0.15) is 0 Å². The predicted molar refractivity (Wildman–Crippen MR) is 110 cm³/mol. The number of rotatable bonds is 6. The van der Waals surface area contributed by atoms with E-state index < -0.39 is 5.25 Å². The Balaban J connectivity index is 1.64. The van der Waals surface area contributed by atoms with Crippen LogP contribution < -0.4 is 10.1 Å². The molecule has 4 aromatic rings. The third-order valence-corrected chi connectivity index (χ3v) is 5.39. The molecule has 1 amide bonds. The summed E-state index contributed by atoms with van der Waals surface area (Å²) in [5.41, 5.74) is 2.31. The number of carbonyl (C=O) groups excluding carboxylic acids is 1. The zero-order chi connectivity index (χ0) is 19.3. The maximum Gasteiger partial charge on any atom is 0.242 e. The molecule has 7 heteroatoms. The summed E-state index contributed by atoms with van der Waals surface area (Å²) in [5, 5.41) is 11.6. The highest BCUT2D eigenvalue weighted by Crippen LogP contribution is 2.35. The van der Waals surface area contributed by atoms with E-state index in [2.05, 4.69) is 15.5 Å². The van der Waals surface area contributed by atoms with Crippen LogP contribution in [0.5, 0.6) is 5.75 Å². The maximum atomic E-state index is 13.1. The van der Waals surface area contributed by atoms with E-state index in [-0.39, 0.29) is 5.91 Å². The van der Waals surface area contributed by atoms with Gasteiger partial charge in [-0.1, -0.05) is 54.2 Å². The topological polar surface area (TPSA) is 68.5 Å². The van der Waals surface area contributed by atoms with Gasteiger partial charge in [-0.15, -0.1) is 10.2 Å². The lowest BCUT2D eigenvalue weighted by Crippen LogP contribution is -2.19. The quantitative estimate of drug-likeness (QED) is 0.500. The molecule has 0 bridgehead atoms. The molecular weight excluding hydrogens is 372 g/mol. The van der Waals surface area contributed by atoms with Crippen molar-refractivity contribution in [2.45, 2.75) is 10.4 Å². The Labute approximate surface area is 166 Å². The van der Waals surface area contributed by atoms with Crippen LogP contribution in [0.3, 0.4) is 0 Å². The van der Waals surface area contributed by atoms with Crippen LogP contribution in [-0.4, -0.2) is 27.6 Å². The highest BCUT2D eigenvalue weighted by atomic mass is 32.2. The number of methoxy groups -OCH3 is 1. The van der Waals surface area contributed by atoms with Gasteiger partial charge in [0, 0.05) is 18.0 Å². The molecule has 0 aliphatic rings. The number of amides is 1. The lowest BCUT2D eigenvalue weighted by molar-refractivity contribution is -0.115. The van der Waals surface area contributed by atoms with Gasteiger partial charge in [-0.25, -0.2) is 0 Å². The SMILES string of the molecule is COc1cccc(NC(=O)[C@H](Sc2nnc3ccccn23)c2ccccc2)c1. The first-order valence-corrected chi connectivity index (χ1v) is 9.59. The average molecular weight is 390 g/mol. The summed E-state index contributed by atoms with van der Waals surface area (Å²) in [6, 6.07) is 22.6. The Bertz CT molecular complexity index is 1100. The van der Waals surface area contributed by atoms with Gasteiger partial charge in [-0.3, -0.25) is 9.20 Å². The first-order chi connectivity index (χ1) is 13.7. The van der Waals surface area contributed by atoms with Gasteiger partial charge < -0.3 is 10.1 Å². The third kappa shape index (κ3) is 3.84. The lowest BCUT2D eigenvalue weighted by atomic mass is 10.1. The van der Waals surface area contributed by atoms with Crippen molar-refractivity contribution in [3.05, 3.63) is 84.6 Å². The van der Waals surface area contributed by atoms with E-state index in [1.165, 1.54) is 11.8 Å². The smallest absolute Gasteiger partial charge is 0.242 e. The maximum absolute atomic E-state index is 13.1. The van der Waals surface area contributed by atoms with Gasteiger partial charge in [0.1, 0.15) is 11.0 Å². The van der Waals surface area contributed by atoms with E-state index in [4.69, 9.17) is 4.74 Å². The highest BCUT2D eigenvalue weighted by Gasteiger charge is 2.24. The third-order valence-electron chi connectivity index (χ3n) is 4.18. The Morgan fingerprint density at radius 3 is 2.68 bits per heavy atom. The number of thioether (sulfide) groups is 1. The lowest BCUT2D eigenvalue weighted by Gasteiger charge is -2.16. The van der Waals surface area contributed by atoms with E-state index in [0.717, 1.165) is 11.2 Å². The predicted octanol–water partition coefficient (Wildman–Crippen LogP) is 4.21. The van der Waals surface area contributed by atoms with E-state index in [0.29, 0.717) is 16.6 Å². The molecule has 0 aliphatic carbocycles. The van der Waals surface area contributed by atoms with Gasteiger partial charge >= 0.3 is 0 Å². The molecule has 0 saturated heterocycles. The minimum absolute atomic E-state index is 0.142. The normalized spacial score (nSPS) is 11.9. The van der Waals surface area contributed by atoms with Crippen LogP contribution in [-0.2, 0) is 4.79 Å². The van der Waals surface area contributed by atoms with Gasteiger partial charge in [0.2, 0.25) is 5.91 Å². The van der Waals surface area contributed by atoms with E-state index in [1.807, 2.05) is 77.3 Å². The number of hydrogen-bond acceptors (Lipinski definition) is 5. The van der Waals surface area contributed by atoms with Crippen LogP contribution in [0.25, 0.3) is 5.65 Å². The Morgan fingerprint density at radius 2 is 1.86 bits per heavy atom. The molecule has 28 heavy (non-hydrogen) atoms. The summed E-state index contributed by atoms with van der Waals surface area (Å²) in [6.07, 6.45) is 1.89. The molecule has 0 spiro atoms. The van der Waals surface area contributed by atoms with Gasteiger partial charge in [0.15, 0.2) is 10.8 Å². The summed E-state index contributed by atoms with van der Waals surface area (Å²) in [5.74, 6) is 0.544. The molecule has 1 atom stereocenters. The number of fused-ring (bicyclic) bond motifs is 1. The zero-order valence-electron chi connectivity index (χ0n) is 15.1. The molecule has 4 rings (SSSR count). The van der Waals surface area contributed by atoms with Crippen LogP contribution in [0.1, 0.15) is 10.8 Å². The molecule has 0 fully saturated rings. The Hall–Kier alpha value is -3.32. The second-order valence-corrected chi connectivity index (χ2v) is 7.11. The number of aromatic nitrogens is 3. The largest absolute Gasteiger partial charge is 0.497 e. The number of ether oxygens (including phenoxy) is 1. The number of nitrogens with one attached hydrogen (secondary N) is 1. The highest BCUT2D eigenvalue weighted by molar-refractivity contribution is 8.00. The fourth-order valence-corrected chi connectivity index (χ4v) is 3.84. The van der Waals surface area contributed by atoms with Gasteiger partial charge in [0.05, 0.1) is 7.11 Å². The first-order valence-electron chi connectivity index (χ1n) is 8.71. The van der Waals surface area contributed by atoms with Crippen LogP contribution in [0, 0.1) is 0 Å². The number of nitrogens with zero attached hydrogens (tertiary/aromatic N) is 3. The standard InChI is InChI=1S/C21H18N4O2S/c1-27-17-11-7-10-16(14-17)22-20(26)19(15-8-3-2-4-9-15)28-21-24-23-18-12-5-6-13-25(18)21/h2-14,19H,1H3,(H,22,26)/t19-/m1/s1. The second kappa shape index (κ2) is 8.14. The molecular formula is C21H18N4O2S. The van der Waals surface area contributed by atoms with Crippen molar-refractivity contribution in [1.82, 2.24) is 14.6 Å². The molecule has 0 aliphatic heterocycles. The van der Waals surface area contributed by atoms with Crippen molar-refractivity contribution in [2.24, 2.45) is 0 Å². The number of carbonyl (C=O) groups is 1. The first kappa shape index (κ1) is 18.1. The molecule has 0 radical (unpaired) electrons. The number of pyridine rings is 1. The molecule has 1 N–H and O–H groups in total. The summed E-state index contributed by atoms with van der Waals surface area (Å²) >= 11 is 1.36. The minimum atomic E-state index is -0.486. The minimum Gasteiger partial charge on any atom is -0.497 e. The van der Waals surface area contributed by atoms with E-state index in [9.17, 15) is 4.79 Å². The summed E-state index contributed by atoms with van der Waals surface area (Å²) in [6.45, 7) is 0. The molecule has 0 unspecified atom stereocenters. The molecule has 2 heterocycles. The van der Waals surface area contributed by atoms with Crippen molar-refractivity contribution in [2.75, 3.05) is 12.4 Å². The van der Waals surface area contributed by atoms with E-state index >= 15 is 0 Å². The fourth-order valence-electron chi connectivity index (χ4n) is 2.81. The summed E-state index contributed by atoms with van der Waals surface area (Å²) in [7, 11) is 1.60. The molecule has 6 nitrogen and oxygen atoms in total. The monoisotopic (exact) mass is 390 g/mol. The van der Waals surface area contributed by atoms with Crippen LogP contribution in [0.2, 0.25) is 0 Å².